The summed E-state index contributed by atoms with van der Waals surface area (Å²) in [6.45, 7) is 1.95. The summed E-state index contributed by atoms with van der Waals surface area (Å²) in [6, 6.07) is 9.77. The van der Waals surface area contributed by atoms with Crippen LogP contribution in [0.2, 0.25) is 0 Å². The average Bonchev–Trinajstić information content (AvgIpc) is 3.01. The van der Waals surface area contributed by atoms with Crippen molar-refractivity contribution in [2.24, 2.45) is 10.2 Å². The van der Waals surface area contributed by atoms with Gasteiger partial charge in [-0.2, -0.15) is 0 Å². The minimum absolute atomic E-state index is 0.0598. The van der Waals surface area contributed by atoms with Gasteiger partial charge in [-0.3, -0.25) is 4.79 Å². The molecule has 1 heterocycles. The summed E-state index contributed by atoms with van der Waals surface area (Å²) in [7, 11) is 0. The van der Waals surface area contributed by atoms with E-state index in [9.17, 15) is 4.79 Å². The van der Waals surface area contributed by atoms with Crippen molar-refractivity contribution in [3.05, 3.63) is 59.7 Å². The molecule has 0 saturated carbocycles. The predicted molar refractivity (Wildman–Crippen MR) is 75.1 cm³/mol. The lowest BCUT2D eigenvalue weighted by Gasteiger charge is -2.14. The number of carbonyl (C=O) groups excluding carboxylic acids is 1. The molecule has 3 rings (SSSR count). The Labute approximate surface area is 111 Å². The Morgan fingerprint density at radius 2 is 2.00 bits per heavy atom. The number of fused-ring (bicyclic) bond motifs is 1. The Bertz CT molecular complexity index is 639. The maximum absolute atomic E-state index is 12.2. The molecule has 0 bridgehead atoms. The van der Waals surface area contributed by atoms with Gasteiger partial charge in [-0.25, -0.2) is 0 Å². The summed E-state index contributed by atoms with van der Waals surface area (Å²) >= 11 is 0. The number of rotatable bonds is 3. The minimum atomic E-state index is -0.190. The average molecular weight is 251 g/mol. The minimum Gasteiger partial charge on any atom is -0.344 e. The van der Waals surface area contributed by atoms with E-state index >= 15 is 0 Å². The highest BCUT2D eigenvalue weighted by molar-refractivity contribution is 6.54. The van der Waals surface area contributed by atoms with Gasteiger partial charge in [0.2, 0.25) is 0 Å². The standard InChI is InChI=1S/C15H13N3O/c1-10(11-6-3-2-4-7-11)16-15(19)14-12-8-5-9-13(12)17-18-14/h2-10H,1H3,(H,16,19)/t10-/m1/s1. The van der Waals surface area contributed by atoms with Gasteiger partial charge in [0, 0.05) is 5.57 Å². The summed E-state index contributed by atoms with van der Waals surface area (Å²) in [5.74, 6) is -0.190. The van der Waals surface area contributed by atoms with E-state index in [0.29, 0.717) is 5.71 Å². The Kier molecular flexibility index (Phi) is 2.83. The fourth-order valence-electron chi connectivity index (χ4n) is 2.11. The molecule has 1 amide bonds. The van der Waals surface area contributed by atoms with Gasteiger partial charge in [-0.15, -0.1) is 10.2 Å². The van der Waals surface area contributed by atoms with Gasteiger partial charge in [0.25, 0.3) is 5.91 Å². The lowest BCUT2D eigenvalue weighted by atomic mass is 10.1. The maximum atomic E-state index is 12.2. The zero-order valence-corrected chi connectivity index (χ0v) is 10.5. The van der Waals surface area contributed by atoms with Crippen LogP contribution in [0.4, 0.5) is 0 Å². The molecule has 0 unspecified atom stereocenters. The Morgan fingerprint density at radius 1 is 1.21 bits per heavy atom. The van der Waals surface area contributed by atoms with E-state index in [2.05, 4.69) is 15.5 Å². The highest BCUT2D eigenvalue weighted by Gasteiger charge is 2.26. The highest BCUT2D eigenvalue weighted by Crippen LogP contribution is 2.18. The van der Waals surface area contributed by atoms with Gasteiger partial charge in [0.05, 0.1) is 11.8 Å². The van der Waals surface area contributed by atoms with Crippen molar-refractivity contribution in [2.45, 2.75) is 13.0 Å². The SMILES string of the molecule is C[C@@H](NC(=O)C1=NN=C2C=CC=C21)c1ccccc1. The molecule has 1 N–H and O–H groups in total. The van der Waals surface area contributed by atoms with Gasteiger partial charge in [0.15, 0.2) is 5.71 Å². The second kappa shape index (κ2) is 4.65. The molecule has 1 aromatic carbocycles. The van der Waals surface area contributed by atoms with Crippen LogP contribution in [0, 0.1) is 0 Å². The molecule has 1 aromatic rings. The van der Waals surface area contributed by atoms with Gasteiger partial charge in [-0.1, -0.05) is 42.5 Å². The number of nitrogens with zero attached hydrogens (tertiary/aromatic N) is 2. The van der Waals surface area contributed by atoms with Crippen molar-refractivity contribution in [1.29, 1.82) is 0 Å². The van der Waals surface area contributed by atoms with E-state index < -0.39 is 0 Å². The Morgan fingerprint density at radius 3 is 2.79 bits per heavy atom. The van der Waals surface area contributed by atoms with E-state index in [1.165, 1.54) is 0 Å². The number of amides is 1. The molecule has 4 nitrogen and oxygen atoms in total. The molecule has 0 fully saturated rings. The van der Waals surface area contributed by atoms with Crippen LogP contribution in [0.5, 0.6) is 0 Å². The third-order valence-corrected chi connectivity index (χ3v) is 3.17. The van der Waals surface area contributed by atoms with Crippen molar-refractivity contribution in [3.8, 4) is 0 Å². The lowest BCUT2D eigenvalue weighted by Crippen LogP contribution is -2.33. The molecule has 0 radical (unpaired) electrons. The van der Waals surface area contributed by atoms with Crippen LogP contribution in [-0.4, -0.2) is 17.3 Å². The molecule has 2 aliphatic rings. The van der Waals surface area contributed by atoms with Crippen LogP contribution in [-0.2, 0) is 4.79 Å². The van der Waals surface area contributed by atoms with Crippen LogP contribution >= 0.6 is 0 Å². The Balaban J connectivity index is 1.70. The van der Waals surface area contributed by atoms with Crippen LogP contribution in [0.25, 0.3) is 0 Å². The molecule has 94 valence electrons. The number of carbonyl (C=O) groups is 1. The van der Waals surface area contributed by atoms with Crippen LogP contribution < -0.4 is 5.32 Å². The molecule has 1 aliphatic carbocycles. The topological polar surface area (TPSA) is 53.8 Å². The summed E-state index contributed by atoms with van der Waals surface area (Å²) in [5.41, 5.74) is 3.02. The number of allylic oxidation sites excluding steroid dienone is 3. The zero-order valence-electron chi connectivity index (χ0n) is 10.5. The van der Waals surface area contributed by atoms with Gasteiger partial charge in [0.1, 0.15) is 0 Å². The van der Waals surface area contributed by atoms with E-state index in [0.717, 1.165) is 16.8 Å². The van der Waals surface area contributed by atoms with E-state index in [4.69, 9.17) is 0 Å². The number of nitrogens with one attached hydrogen (secondary N) is 1. The largest absolute Gasteiger partial charge is 0.344 e. The molecule has 0 spiro atoms. The van der Waals surface area contributed by atoms with Crippen LogP contribution in [0.3, 0.4) is 0 Å². The molecule has 1 atom stereocenters. The molecule has 1 aliphatic heterocycles. The van der Waals surface area contributed by atoms with Gasteiger partial charge < -0.3 is 5.32 Å². The highest BCUT2D eigenvalue weighted by atomic mass is 16.2. The summed E-state index contributed by atoms with van der Waals surface area (Å²) < 4.78 is 0. The van der Waals surface area contributed by atoms with Gasteiger partial charge >= 0.3 is 0 Å². The van der Waals surface area contributed by atoms with Crippen molar-refractivity contribution in [1.82, 2.24) is 5.32 Å². The van der Waals surface area contributed by atoms with Crippen molar-refractivity contribution in [3.63, 3.8) is 0 Å². The van der Waals surface area contributed by atoms with E-state index in [-0.39, 0.29) is 11.9 Å². The summed E-state index contributed by atoms with van der Waals surface area (Å²) in [5, 5.41) is 10.8. The molecule has 0 aromatic heterocycles. The quantitative estimate of drug-likeness (QED) is 0.879. The van der Waals surface area contributed by atoms with Crippen molar-refractivity contribution in [2.75, 3.05) is 0 Å². The fourth-order valence-corrected chi connectivity index (χ4v) is 2.11. The second-order valence-corrected chi connectivity index (χ2v) is 4.48. The first-order valence-electron chi connectivity index (χ1n) is 6.16. The first kappa shape index (κ1) is 11.6. The molecule has 19 heavy (non-hydrogen) atoms. The maximum Gasteiger partial charge on any atom is 0.272 e. The smallest absolute Gasteiger partial charge is 0.272 e. The number of benzene rings is 1. The third-order valence-electron chi connectivity index (χ3n) is 3.17. The first-order valence-corrected chi connectivity index (χ1v) is 6.16. The Hall–Kier alpha value is -2.49. The molecular formula is C15H13N3O. The number of hydrogen-bond donors (Lipinski definition) is 1. The molecular weight excluding hydrogens is 238 g/mol. The van der Waals surface area contributed by atoms with Crippen molar-refractivity contribution < 1.29 is 4.79 Å². The second-order valence-electron chi connectivity index (χ2n) is 4.48. The number of hydrogen-bond acceptors (Lipinski definition) is 3. The first-order chi connectivity index (χ1) is 9.25. The van der Waals surface area contributed by atoms with Crippen LogP contribution in [0.1, 0.15) is 18.5 Å². The van der Waals surface area contributed by atoms with Crippen molar-refractivity contribution >= 4 is 17.3 Å². The van der Waals surface area contributed by atoms with E-state index in [1.54, 1.807) is 0 Å². The van der Waals surface area contributed by atoms with E-state index in [1.807, 2.05) is 55.5 Å². The summed E-state index contributed by atoms with van der Waals surface area (Å²) in [6.07, 6.45) is 5.58. The fraction of sp³-hybridized carbons (Fsp3) is 0.133. The van der Waals surface area contributed by atoms with Gasteiger partial charge in [-0.05, 0) is 18.6 Å². The third kappa shape index (κ3) is 2.12. The summed E-state index contributed by atoms with van der Waals surface area (Å²) in [4.78, 5) is 12.2. The van der Waals surface area contributed by atoms with Crippen LogP contribution in [0.15, 0.2) is 64.3 Å². The zero-order chi connectivity index (χ0) is 13.2. The molecule has 4 heteroatoms. The monoisotopic (exact) mass is 251 g/mol. The molecule has 0 saturated heterocycles. The lowest BCUT2D eigenvalue weighted by molar-refractivity contribution is -0.115. The predicted octanol–water partition coefficient (Wildman–Crippen LogP) is 2.17. The normalized spacial score (nSPS) is 17.4.